The lowest BCUT2D eigenvalue weighted by molar-refractivity contribution is 0.323. The second kappa shape index (κ2) is 10.3. The fourth-order valence-corrected chi connectivity index (χ4v) is 4.48. The number of unbranched alkanes of at least 4 members (excludes halogenated alkanes) is 1. The van der Waals surface area contributed by atoms with Crippen LogP contribution >= 0.6 is 0 Å². The van der Waals surface area contributed by atoms with Gasteiger partial charge in [0.1, 0.15) is 0 Å². The molecule has 0 bridgehead atoms. The van der Waals surface area contributed by atoms with E-state index in [0.29, 0.717) is 18.7 Å². The Morgan fingerprint density at radius 3 is 2.53 bits per heavy atom. The lowest BCUT2D eigenvalue weighted by Crippen LogP contribution is -2.36. The molecular formula is C26H34BF2N3. The molecule has 6 heteroatoms. The van der Waals surface area contributed by atoms with E-state index in [1.165, 1.54) is 24.6 Å². The summed E-state index contributed by atoms with van der Waals surface area (Å²) in [5.41, 5.74) is 11.5. The van der Waals surface area contributed by atoms with Gasteiger partial charge in [0.2, 0.25) is 0 Å². The average Bonchev–Trinajstić information content (AvgIpc) is 3.34. The standard InChI is InChI=1S/C26H34BF2N3/c1-5-6-8-21-10-12-22(13-11-21)14-16-26(3)19-20(2)25(31(26)4)23(15-17-30)24-9-7-18-32(24)27(28)29/h7,9-14,16,18-19H,5-6,8,15,17,30H2,1-4H3/b16-14+,25-23-. The number of hydrogen-bond acceptors (Lipinski definition) is 2. The largest absolute Gasteiger partial charge is 0.677 e. The monoisotopic (exact) mass is 437 g/mol. The Hall–Kier alpha value is -2.60. The van der Waals surface area contributed by atoms with E-state index in [2.05, 4.69) is 61.2 Å². The normalized spacial score (nSPS) is 20.2. The molecule has 2 heterocycles. The van der Waals surface area contributed by atoms with Gasteiger partial charge < -0.3 is 15.1 Å². The summed E-state index contributed by atoms with van der Waals surface area (Å²) >= 11 is 0. The van der Waals surface area contributed by atoms with Gasteiger partial charge in [0.15, 0.2) is 0 Å². The van der Waals surface area contributed by atoms with Gasteiger partial charge in [0, 0.05) is 18.4 Å². The summed E-state index contributed by atoms with van der Waals surface area (Å²) in [7, 11) is -0.567. The first-order valence-electron chi connectivity index (χ1n) is 11.4. The lowest BCUT2D eigenvalue weighted by Gasteiger charge is -2.33. The van der Waals surface area contributed by atoms with Crippen molar-refractivity contribution in [2.45, 2.75) is 52.0 Å². The molecule has 0 aliphatic carbocycles. The predicted octanol–water partition coefficient (Wildman–Crippen LogP) is 6.03. The summed E-state index contributed by atoms with van der Waals surface area (Å²) in [5.74, 6) is 0. The quantitative estimate of drug-likeness (QED) is 0.487. The van der Waals surface area contributed by atoms with Gasteiger partial charge in [0.25, 0.3) is 0 Å². The van der Waals surface area contributed by atoms with Crippen molar-refractivity contribution in [3.05, 3.63) is 82.8 Å². The van der Waals surface area contributed by atoms with Crippen LogP contribution in [0, 0.1) is 0 Å². The summed E-state index contributed by atoms with van der Waals surface area (Å²) in [6, 6.07) is 12.1. The summed E-state index contributed by atoms with van der Waals surface area (Å²) in [5, 5.41) is 0. The molecule has 2 N–H and O–H groups in total. The van der Waals surface area contributed by atoms with Crippen LogP contribution in [-0.2, 0) is 6.42 Å². The zero-order valence-corrected chi connectivity index (χ0v) is 19.6. The van der Waals surface area contributed by atoms with Gasteiger partial charge in [-0.15, -0.1) is 0 Å². The number of benzene rings is 1. The molecule has 1 aliphatic rings. The van der Waals surface area contributed by atoms with Crippen molar-refractivity contribution >= 4 is 19.1 Å². The Labute approximate surface area is 191 Å². The van der Waals surface area contributed by atoms with Crippen LogP contribution in [-0.4, -0.2) is 35.9 Å². The van der Waals surface area contributed by atoms with Gasteiger partial charge in [-0.05, 0) is 80.3 Å². The number of aryl methyl sites for hydroxylation is 1. The van der Waals surface area contributed by atoms with E-state index in [1.807, 2.05) is 14.0 Å². The fraction of sp³-hybridized carbons (Fsp3) is 0.385. The fourth-order valence-electron chi connectivity index (χ4n) is 4.48. The maximum Gasteiger partial charge on any atom is 0.677 e. The van der Waals surface area contributed by atoms with Gasteiger partial charge in [-0.2, -0.15) is 0 Å². The Morgan fingerprint density at radius 1 is 1.19 bits per heavy atom. The minimum absolute atomic E-state index is 0.359. The van der Waals surface area contributed by atoms with Crippen LogP contribution in [0.15, 0.2) is 66.0 Å². The average molecular weight is 437 g/mol. The number of nitrogens with zero attached hydrogens (tertiary/aromatic N) is 2. The summed E-state index contributed by atoms with van der Waals surface area (Å²) in [4.78, 5) is 2.17. The third kappa shape index (κ3) is 5.07. The van der Waals surface area contributed by atoms with Crippen LogP contribution in [0.2, 0.25) is 0 Å². The van der Waals surface area contributed by atoms with Crippen molar-refractivity contribution in [2.24, 2.45) is 5.73 Å². The van der Waals surface area contributed by atoms with Gasteiger partial charge >= 0.3 is 7.40 Å². The predicted molar refractivity (Wildman–Crippen MR) is 132 cm³/mol. The van der Waals surface area contributed by atoms with Gasteiger partial charge in [-0.1, -0.05) is 55.8 Å². The van der Waals surface area contributed by atoms with E-state index in [9.17, 15) is 8.63 Å². The number of allylic oxidation sites excluding steroid dienone is 1. The molecule has 1 aliphatic heterocycles. The molecule has 0 saturated heterocycles. The number of halogens is 2. The van der Waals surface area contributed by atoms with Crippen LogP contribution in [0.3, 0.4) is 0 Å². The topological polar surface area (TPSA) is 34.2 Å². The van der Waals surface area contributed by atoms with Crippen LogP contribution in [0.1, 0.15) is 56.9 Å². The first-order valence-corrected chi connectivity index (χ1v) is 11.4. The highest BCUT2D eigenvalue weighted by molar-refractivity contribution is 6.41. The maximum atomic E-state index is 13.6. The molecule has 1 atom stereocenters. The highest BCUT2D eigenvalue weighted by atomic mass is 19.2. The second-order valence-corrected chi connectivity index (χ2v) is 8.73. The molecular weight excluding hydrogens is 403 g/mol. The second-order valence-electron chi connectivity index (χ2n) is 8.73. The first kappa shape index (κ1) is 24.1. The Morgan fingerprint density at radius 2 is 1.91 bits per heavy atom. The van der Waals surface area contributed by atoms with Gasteiger partial charge in [0.05, 0.1) is 5.54 Å². The van der Waals surface area contributed by atoms with Crippen molar-refractivity contribution in [3.63, 3.8) is 0 Å². The zero-order chi connectivity index (χ0) is 23.3. The van der Waals surface area contributed by atoms with E-state index in [-0.39, 0.29) is 5.54 Å². The molecule has 0 amide bonds. The van der Waals surface area contributed by atoms with E-state index >= 15 is 0 Å². The molecule has 0 fully saturated rings. The number of hydrogen-bond donors (Lipinski definition) is 1. The first-order chi connectivity index (χ1) is 15.3. The Kier molecular flexibility index (Phi) is 7.78. The number of nitrogens with two attached hydrogens (primary N) is 1. The highest BCUT2D eigenvalue weighted by Crippen LogP contribution is 2.40. The molecule has 3 rings (SSSR count). The van der Waals surface area contributed by atoms with Gasteiger partial charge in [-0.3, -0.25) is 8.63 Å². The van der Waals surface area contributed by atoms with Crippen LogP contribution in [0.25, 0.3) is 11.6 Å². The van der Waals surface area contributed by atoms with Crippen LogP contribution < -0.4 is 5.73 Å². The van der Waals surface area contributed by atoms with Crippen molar-refractivity contribution in [1.82, 2.24) is 9.38 Å². The van der Waals surface area contributed by atoms with Crippen molar-refractivity contribution in [3.8, 4) is 0 Å². The molecule has 32 heavy (non-hydrogen) atoms. The number of likely N-dealkylation sites (N-methyl/N-ethyl adjacent to an activating group) is 1. The van der Waals surface area contributed by atoms with Crippen molar-refractivity contribution in [1.29, 1.82) is 0 Å². The summed E-state index contributed by atoms with van der Waals surface area (Å²) in [6.07, 6.45) is 12.0. The van der Waals surface area contributed by atoms with E-state index in [0.717, 1.165) is 33.3 Å². The van der Waals surface area contributed by atoms with E-state index in [4.69, 9.17) is 5.73 Å². The molecule has 3 nitrogen and oxygen atoms in total. The highest BCUT2D eigenvalue weighted by Gasteiger charge is 2.35. The third-order valence-electron chi connectivity index (χ3n) is 6.33. The smallest absolute Gasteiger partial charge is 0.362 e. The van der Waals surface area contributed by atoms with Gasteiger partial charge in [-0.25, -0.2) is 0 Å². The van der Waals surface area contributed by atoms with Crippen LogP contribution in [0.4, 0.5) is 8.63 Å². The lowest BCUT2D eigenvalue weighted by atomic mass is 9.99. The number of aromatic nitrogens is 1. The Bertz CT molecular complexity index is 1000. The molecule has 0 spiro atoms. The molecule has 0 radical (unpaired) electrons. The molecule has 0 saturated carbocycles. The van der Waals surface area contributed by atoms with E-state index in [1.54, 1.807) is 12.1 Å². The van der Waals surface area contributed by atoms with Crippen molar-refractivity contribution in [2.75, 3.05) is 13.6 Å². The maximum absolute atomic E-state index is 13.6. The third-order valence-corrected chi connectivity index (χ3v) is 6.33. The van der Waals surface area contributed by atoms with Crippen LogP contribution in [0.5, 0.6) is 0 Å². The minimum atomic E-state index is -2.59. The molecule has 1 unspecified atom stereocenters. The van der Waals surface area contributed by atoms with E-state index < -0.39 is 7.40 Å². The number of rotatable bonds is 9. The molecule has 2 aromatic rings. The zero-order valence-electron chi connectivity index (χ0n) is 19.6. The van der Waals surface area contributed by atoms with Crippen molar-refractivity contribution < 1.29 is 8.63 Å². The molecule has 1 aromatic carbocycles. The molecule has 1 aromatic heterocycles. The Balaban J connectivity index is 1.91. The summed E-state index contributed by atoms with van der Waals surface area (Å²) < 4.78 is 28.2. The molecule has 170 valence electrons. The SMILES string of the molecule is CCCCc1ccc(/C=C/C2(C)C=C(C)/C(=C(\CCN)c3cccn3B(F)F)N2C)cc1. The summed E-state index contributed by atoms with van der Waals surface area (Å²) in [6.45, 7) is 6.78. The minimum Gasteiger partial charge on any atom is -0.362 e.